The van der Waals surface area contributed by atoms with E-state index in [1.54, 1.807) is 6.92 Å². The van der Waals surface area contributed by atoms with Gasteiger partial charge in [-0.15, -0.1) is 0 Å². The minimum absolute atomic E-state index is 0.0978. The fourth-order valence-corrected chi connectivity index (χ4v) is 1.53. The van der Waals surface area contributed by atoms with E-state index in [4.69, 9.17) is 10.00 Å². The van der Waals surface area contributed by atoms with E-state index in [2.05, 4.69) is 6.92 Å². The summed E-state index contributed by atoms with van der Waals surface area (Å²) < 4.78 is 4.86. The van der Waals surface area contributed by atoms with Crippen LogP contribution in [-0.2, 0) is 9.53 Å². The van der Waals surface area contributed by atoms with Crippen molar-refractivity contribution in [1.82, 2.24) is 0 Å². The molecule has 3 nitrogen and oxygen atoms in total. The van der Waals surface area contributed by atoms with Crippen molar-refractivity contribution >= 4 is 5.97 Å². The predicted octanol–water partition coefficient (Wildman–Crippen LogP) is 2.91. The molecule has 15 heavy (non-hydrogen) atoms. The topological polar surface area (TPSA) is 50.1 Å². The number of ether oxygens (including phenoxy) is 1. The van der Waals surface area contributed by atoms with Crippen LogP contribution in [0.25, 0.3) is 0 Å². The van der Waals surface area contributed by atoms with Gasteiger partial charge in [0.1, 0.15) is 5.92 Å². The number of nitriles is 1. The number of esters is 1. The Bertz CT molecular complexity index is 220. The molecule has 0 aromatic carbocycles. The van der Waals surface area contributed by atoms with Crippen molar-refractivity contribution in [2.45, 2.75) is 46.5 Å². The van der Waals surface area contributed by atoms with E-state index in [1.165, 1.54) is 0 Å². The zero-order valence-corrected chi connectivity index (χ0v) is 9.95. The molecule has 2 unspecified atom stereocenters. The van der Waals surface area contributed by atoms with Crippen LogP contribution < -0.4 is 0 Å². The highest BCUT2D eigenvalue weighted by molar-refractivity contribution is 5.75. The molecule has 0 aromatic rings. The fraction of sp³-hybridized carbons (Fsp3) is 0.833. The number of unbranched alkanes of at least 4 members (excludes halogenated alkanes) is 2. The first-order chi connectivity index (χ1) is 7.17. The quantitative estimate of drug-likeness (QED) is 0.480. The Balaban J connectivity index is 4.05. The number of carbonyl (C=O) groups is 1. The van der Waals surface area contributed by atoms with Gasteiger partial charge in [-0.2, -0.15) is 5.26 Å². The fourth-order valence-electron chi connectivity index (χ4n) is 1.53. The second-order valence-corrected chi connectivity index (χ2v) is 3.83. The summed E-state index contributed by atoms with van der Waals surface area (Å²) in [6, 6.07) is 2.04. The molecule has 0 rings (SSSR count). The van der Waals surface area contributed by atoms with Crippen molar-refractivity contribution in [3.63, 3.8) is 0 Å². The molecule has 0 bridgehead atoms. The first kappa shape index (κ1) is 14.0. The minimum atomic E-state index is -0.596. The molecule has 86 valence electrons. The molecule has 0 aliphatic carbocycles. The average Bonchev–Trinajstić information content (AvgIpc) is 2.19. The maximum atomic E-state index is 11.4. The van der Waals surface area contributed by atoms with E-state index in [1.807, 2.05) is 13.0 Å². The van der Waals surface area contributed by atoms with Gasteiger partial charge in [0.15, 0.2) is 0 Å². The van der Waals surface area contributed by atoms with Crippen LogP contribution >= 0.6 is 0 Å². The monoisotopic (exact) mass is 211 g/mol. The Morgan fingerprint density at radius 3 is 2.53 bits per heavy atom. The van der Waals surface area contributed by atoms with Crippen LogP contribution in [0, 0.1) is 23.2 Å². The maximum absolute atomic E-state index is 11.4. The summed E-state index contributed by atoms with van der Waals surface area (Å²) >= 11 is 0. The van der Waals surface area contributed by atoms with Crippen molar-refractivity contribution in [3.05, 3.63) is 0 Å². The highest BCUT2D eigenvalue weighted by Crippen LogP contribution is 2.19. The third-order valence-electron chi connectivity index (χ3n) is 2.51. The summed E-state index contributed by atoms with van der Waals surface area (Å²) in [5, 5.41) is 8.90. The van der Waals surface area contributed by atoms with Crippen LogP contribution in [0.5, 0.6) is 0 Å². The summed E-state index contributed by atoms with van der Waals surface area (Å²) in [4.78, 5) is 11.4. The molecule has 2 atom stereocenters. The molecule has 0 radical (unpaired) electrons. The highest BCUT2D eigenvalue weighted by atomic mass is 16.5. The summed E-state index contributed by atoms with van der Waals surface area (Å²) in [6.45, 7) is 6.19. The van der Waals surface area contributed by atoms with Crippen molar-refractivity contribution < 1.29 is 9.53 Å². The van der Waals surface area contributed by atoms with E-state index in [0.717, 1.165) is 25.7 Å². The van der Waals surface area contributed by atoms with Crippen LogP contribution in [0.15, 0.2) is 0 Å². The second-order valence-electron chi connectivity index (χ2n) is 3.83. The molecule has 0 amide bonds. The molecule has 0 aliphatic rings. The lowest BCUT2D eigenvalue weighted by molar-refractivity contribution is -0.147. The zero-order valence-electron chi connectivity index (χ0n) is 9.95. The van der Waals surface area contributed by atoms with Crippen LogP contribution in [0.1, 0.15) is 46.5 Å². The Morgan fingerprint density at radius 1 is 1.40 bits per heavy atom. The highest BCUT2D eigenvalue weighted by Gasteiger charge is 2.25. The normalized spacial score (nSPS) is 14.0. The van der Waals surface area contributed by atoms with Gasteiger partial charge in [-0.3, -0.25) is 4.79 Å². The summed E-state index contributed by atoms with van der Waals surface area (Å²) in [5.41, 5.74) is 0. The number of nitrogens with zero attached hydrogens (tertiary/aromatic N) is 1. The largest absolute Gasteiger partial charge is 0.465 e. The minimum Gasteiger partial charge on any atom is -0.465 e. The molecule has 0 saturated carbocycles. The van der Waals surface area contributed by atoms with Crippen LogP contribution in [0.2, 0.25) is 0 Å². The van der Waals surface area contributed by atoms with E-state index < -0.39 is 5.92 Å². The molecular weight excluding hydrogens is 190 g/mol. The molecule has 0 saturated heterocycles. The number of hydrogen-bond acceptors (Lipinski definition) is 3. The third-order valence-corrected chi connectivity index (χ3v) is 2.51. The standard InChI is InChI=1S/C12H21NO2/c1-4-6-7-8-10(3)11(9-13)12(14)15-5-2/h10-11H,4-8H2,1-3H3. The molecule has 3 heteroatoms. The lowest BCUT2D eigenvalue weighted by atomic mass is 9.90. The Hall–Kier alpha value is -1.04. The maximum Gasteiger partial charge on any atom is 0.323 e. The van der Waals surface area contributed by atoms with E-state index in [9.17, 15) is 4.79 Å². The average molecular weight is 211 g/mol. The van der Waals surface area contributed by atoms with Gasteiger partial charge in [-0.1, -0.05) is 33.1 Å². The lowest BCUT2D eigenvalue weighted by Gasteiger charge is -2.15. The molecule has 0 heterocycles. The van der Waals surface area contributed by atoms with E-state index in [0.29, 0.717) is 6.61 Å². The van der Waals surface area contributed by atoms with Gasteiger partial charge in [-0.05, 0) is 19.3 Å². The molecule has 0 fully saturated rings. The molecule has 0 spiro atoms. The van der Waals surface area contributed by atoms with Crippen LogP contribution in [0.4, 0.5) is 0 Å². The summed E-state index contributed by atoms with van der Waals surface area (Å²) in [7, 11) is 0. The first-order valence-electron chi connectivity index (χ1n) is 5.73. The lowest BCUT2D eigenvalue weighted by Crippen LogP contribution is -2.22. The van der Waals surface area contributed by atoms with E-state index >= 15 is 0 Å². The van der Waals surface area contributed by atoms with Gasteiger partial charge in [0, 0.05) is 0 Å². The smallest absolute Gasteiger partial charge is 0.323 e. The van der Waals surface area contributed by atoms with E-state index in [-0.39, 0.29) is 11.9 Å². The summed E-state index contributed by atoms with van der Waals surface area (Å²) in [6.07, 6.45) is 4.31. The van der Waals surface area contributed by atoms with Gasteiger partial charge in [0.2, 0.25) is 0 Å². The number of rotatable bonds is 7. The van der Waals surface area contributed by atoms with Crippen LogP contribution in [-0.4, -0.2) is 12.6 Å². The first-order valence-corrected chi connectivity index (χ1v) is 5.73. The van der Waals surface area contributed by atoms with Gasteiger partial charge in [0.25, 0.3) is 0 Å². The number of hydrogen-bond donors (Lipinski definition) is 0. The molecule has 0 aliphatic heterocycles. The predicted molar refractivity (Wildman–Crippen MR) is 59.0 cm³/mol. The van der Waals surface area contributed by atoms with Gasteiger partial charge in [0.05, 0.1) is 12.7 Å². The third kappa shape index (κ3) is 5.41. The molecule has 0 N–H and O–H groups in total. The van der Waals surface area contributed by atoms with Crippen LogP contribution in [0.3, 0.4) is 0 Å². The van der Waals surface area contributed by atoms with Gasteiger partial charge < -0.3 is 4.74 Å². The van der Waals surface area contributed by atoms with Gasteiger partial charge in [-0.25, -0.2) is 0 Å². The Morgan fingerprint density at radius 2 is 2.07 bits per heavy atom. The van der Waals surface area contributed by atoms with Crippen molar-refractivity contribution in [1.29, 1.82) is 5.26 Å². The summed E-state index contributed by atoms with van der Waals surface area (Å²) in [5.74, 6) is -0.869. The molecule has 0 aromatic heterocycles. The van der Waals surface area contributed by atoms with Crippen molar-refractivity contribution in [2.75, 3.05) is 6.61 Å². The van der Waals surface area contributed by atoms with Crippen molar-refractivity contribution in [2.24, 2.45) is 11.8 Å². The zero-order chi connectivity index (χ0) is 11.7. The number of carbonyl (C=O) groups excluding carboxylic acids is 1. The van der Waals surface area contributed by atoms with Crippen molar-refractivity contribution in [3.8, 4) is 6.07 Å². The van der Waals surface area contributed by atoms with Gasteiger partial charge >= 0.3 is 5.97 Å². The Labute approximate surface area is 92.4 Å². The second kappa shape index (κ2) is 8.28. The molecular formula is C12H21NO2. The Kier molecular flexibility index (Phi) is 7.71. The SMILES string of the molecule is CCCCCC(C)C(C#N)C(=O)OCC.